The van der Waals surface area contributed by atoms with Crippen molar-refractivity contribution in [3.8, 4) is 0 Å². The standard InChI is InChI=1S/C14H21FN2O2/c1-11(19)12-3-2-4-13(15)14(12)17-7-5-16(6-8-17)9-10-18/h2-4,11,18-19H,5-10H2,1H3/t11-/m1/s1. The van der Waals surface area contributed by atoms with Crippen LogP contribution in [0.2, 0.25) is 0 Å². The molecule has 1 atom stereocenters. The first kappa shape index (κ1) is 14.2. The lowest BCUT2D eigenvalue weighted by Gasteiger charge is -2.37. The van der Waals surface area contributed by atoms with E-state index in [0.29, 0.717) is 30.9 Å². The van der Waals surface area contributed by atoms with Gasteiger partial charge < -0.3 is 15.1 Å². The number of piperazine rings is 1. The van der Waals surface area contributed by atoms with Crippen molar-refractivity contribution in [2.75, 3.05) is 44.2 Å². The molecule has 1 saturated heterocycles. The minimum atomic E-state index is -0.679. The van der Waals surface area contributed by atoms with Gasteiger partial charge in [0.2, 0.25) is 0 Å². The van der Waals surface area contributed by atoms with Crippen LogP contribution >= 0.6 is 0 Å². The van der Waals surface area contributed by atoms with Crippen LogP contribution in [0.4, 0.5) is 10.1 Å². The van der Waals surface area contributed by atoms with E-state index in [-0.39, 0.29) is 12.4 Å². The largest absolute Gasteiger partial charge is 0.395 e. The number of hydrogen-bond acceptors (Lipinski definition) is 4. The zero-order chi connectivity index (χ0) is 13.8. The lowest BCUT2D eigenvalue weighted by molar-refractivity contribution is 0.186. The second kappa shape index (κ2) is 6.32. The lowest BCUT2D eigenvalue weighted by Crippen LogP contribution is -2.47. The van der Waals surface area contributed by atoms with Crippen LogP contribution < -0.4 is 4.90 Å². The van der Waals surface area contributed by atoms with Crippen molar-refractivity contribution >= 4 is 5.69 Å². The summed E-state index contributed by atoms with van der Waals surface area (Å²) >= 11 is 0. The first-order chi connectivity index (χ1) is 9.13. The Morgan fingerprint density at radius 3 is 2.53 bits per heavy atom. The van der Waals surface area contributed by atoms with Crippen LogP contribution in [0, 0.1) is 5.82 Å². The summed E-state index contributed by atoms with van der Waals surface area (Å²) in [4.78, 5) is 4.13. The van der Waals surface area contributed by atoms with Gasteiger partial charge in [-0.2, -0.15) is 0 Å². The Hall–Kier alpha value is -1.17. The van der Waals surface area contributed by atoms with Crippen molar-refractivity contribution in [2.24, 2.45) is 0 Å². The molecule has 1 aromatic rings. The average molecular weight is 268 g/mol. The van der Waals surface area contributed by atoms with E-state index in [2.05, 4.69) is 4.90 Å². The Balaban J connectivity index is 2.15. The molecule has 2 rings (SSSR count). The van der Waals surface area contributed by atoms with Crippen LogP contribution in [0.5, 0.6) is 0 Å². The number of para-hydroxylation sites is 1. The van der Waals surface area contributed by atoms with Crippen molar-refractivity contribution in [3.05, 3.63) is 29.6 Å². The van der Waals surface area contributed by atoms with Crippen LogP contribution in [0.15, 0.2) is 18.2 Å². The van der Waals surface area contributed by atoms with Crippen molar-refractivity contribution in [2.45, 2.75) is 13.0 Å². The molecular formula is C14H21FN2O2. The van der Waals surface area contributed by atoms with Crippen molar-refractivity contribution in [1.29, 1.82) is 0 Å². The Bertz CT molecular complexity index is 418. The quantitative estimate of drug-likeness (QED) is 0.855. The first-order valence-corrected chi connectivity index (χ1v) is 6.68. The molecule has 0 bridgehead atoms. The van der Waals surface area contributed by atoms with Gasteiger partial charge in [0.05, 0.1) is 18.4 Å². The SMILES string of the molecule is C[C@@H](O)c1cccc(F)c1N1CCN(CCO)CC1. The van der Waals surface area contributed by atoms with E-state index < -0.39 is 6.10 Å². The third-order valence-electron chi connectivity index (χ3n) is 3.57. The maximum atomic E-state index is 14.0. The van der Waals surface area contributed by atoms with Gasteiger partial charge in [-0.15, -0.1) is 0 Å². The second-order valence-corrected chi connectivity index (χ2v) is 4.91. The van der Waals surface area contributed by atoms with E-state index in [1.165, 1.54) is 6.07 Å². The van der Waals surface area contributed by atoms with Gasteiger partial charge in [0, 0.05) is 38.3 Å². The van der Waals surface area contributed by atoms with E-state index in [1.54, 1.807) is 19.1 Å². The van der Waals surface area contributed by atoms with Crippen LogP contribution in [-0.4, -0.2) is 54.4 Å². The highest BCUT2D eigenvalue weighted by atomic mass is 19.1. The molecule has 2 N–H and O–H groups in total. The number of anilines is 1. The first-order valence-electron chi connectivity index (χ1n) is 6.68. The van der Waals surface area contributed by atoms with Gasteiger partial charge in [-0.05, 0) is 13.0 Å². The second-order valence-electron chi connectivity index (χ2n) is 4.91. The lowest BCUT2D eigenvalue weighted by atomic mass is 10.1. The minimum absolute atomic E-state index is 0.151. The number of aliphatic hydroxyl groups is 2. The molecule has 0 unspecified atom stereocenters. The normalized spacial score (nSPS) is 18.6. The monoisotopic (exact) mass is 268 g/mol. The van der Waals surface area contributed by atoms with E-state index in [4.69, 9.17) is 5.11 Å². The smallest absolute Gasteiger partial charge is 0.146 e. The zero-order valence-electron chi connectivity index (χ0n) is 11.2. The zero-order valence-corrected chi connectivity index (χ0v) is 11.2. The highest BCUT2D eigenvalue weighted by Crippen LogP contribution is 2.30. The molecule has 5 heteroatoms. The van der Waals surface area contributed by atoms with Gasteiger partial charge in [-0.3, -0.25) is 4.90 Å². The van der Waals surface area contributed by atoms with E-state index in [1.807, 2.05) is 4.90 Å². The number of rotatable bonds is 4. The van der Waals surface area contributed by atoms with Crippen molar-refractivity contribution < 1.29 is 14.6 Å². The van der Waals surface area contributed by atoms with Gasteiger partial charge in [-0.1, -0.05) is 12.1 Å². The maximum Gasteiger partial charge on any atom is 0.146 e. The summed E-state index contributed by atoms with van der Waals surface area (Å²) in [5.41, 5.74) is 1.15. The summed E-state index contributed by atoms with van der Waals surface area (Å²) in [6.07, 6.45) is -0.679. The molecule has 1 aliphatic heterocycles. The highest BCUT2D eigenvalue weighted by molar-refractivity contribution is 5.56. The number of nitrogens with zero attached hydrogens (tertiary/aromatic N) is 2. The molecule has 0 spiro atoms. The summed E-state index contributed by atoms with van der Waals surface area (Å²) < 4.78 is 14.0. The predicted molar refractivity (Wildman–Crippen MR) is 72.8 cm³/mol. The third kappa shape index (κ3) is 3.23. The highest BCUT2D eigenvalue weighted by Gasteiger charge is 2.22. The van der Waals surface area contributed by atoms with Crippen molar-refractivity contribution in [3.63, 3.8) is 0 Å². The Kier molecular flexibility index (Phi) is 4.74. The number of β-amino-alcohol motifs (C(OH)–C–C–N with tert-alkyl or cyclic N) is 1. The summed E-state index contributed by atoms with van der Waals surface area (Å²) in [5.74, 6) is -0.283. The molecule has 0 aliphatic carbocycles. The van der Waals surface area contributed by atoms with Crippen LogP contribution in [0.3, 0.4) is 0 Å². The Morgan fingerprint density at radius 2 is 1.95 bits per heavy atom. The molecule has 0 saturated carbocycles. The number of aliphatic hydroxyl groups excluding tert-OH is 2. The Labute approximate surface area is 113 Å². The fourth-order valence-corrected chi connectivity index (χ4v) is 2.54. The molecule has 1 aliphatic rings. The number of hydrogen-bond donors (Lipinski definition) is 2. The van der Waals surface area contributed by atoms with Gasteiger partial charge in [0.1, 0.15) is 5.82 Å². The Morgan fingerprint density at radius 1 is 1.26 bits per heavy atom. The molecule has 1 heterocycles. The van der Waals surface area contributed by atoms with Gasteiger partial charge in [0.25, 0.3) is 0 Å². The van der Waals surface area contributed by atoms with E-state index in [9.17, 15) is 9.50 Å². The molecule has 4 nitrogen and oxygen atoms in total. The maximum absolute atomic E-state index is 14.0. The molecular weight excluding hydrogens is 247 g/mol. The molecule has 1 fully saturated rings. The molecule has 1 aromatic carbocycles. The number of halogens is 1. The fourth-order valence-electron chi connectivity index (χ4n) is 2.54. The van der Waals surface area contributed by atoms with E-state index >= 15 is 0 Å². The van der Waals surface area contributed by atoms with E-state index in [0.717, 1.165) is 13.1 Å². The topological polar surface area (TPSA) is 46.9 Å². The summed E-state index contributed by atoms with van der Waals surface area (Å²) in [7, 11) is 0. The summed E-state index contributed by atoms with van der Waals surface area (Å²) in [6, 6.07) is 4.83. The minimum Gasteiger partial charge on any atom is -0.395 e. The van der Waals surface area contributed by atoms with Gasteiger partial charge >= 0.3 is 0 Å². The van der Waals surface area contributed by atoms with Crippen LogP contribution in [0.1, 0.15) is 18.6 Å². The molecule has 0 amide bonds. The predicted octanol–water partition coefficient (Wildman–Crippen LogP) is 0.993. The van der Waals surface area contributed by atoms with Crippen molar-refractivity contribution in [1.82, 2.24) is 4.90 Å². The molecule has 0 aromatic heterocycles. The molecule has 19 heavy (non-hydrogen) atoms. The third-order valence-corrected chi connectivity index (χ3v) is 3.57. The van der Waals surface area contributed by atoms with Crippen LogP contribution in [-0.2, 0) is 0 Å². The van der Waals surface area contributed by atoms with Gasteiger partial charge in [-0.25, -0.2) is 4.39 Å². The summed E-state index contributed by atoms with van der Waals surface area (Å²) in [6.45, 7) is 5.48. The average Bonchev–Trinajstić information content (AvgIpc) is 2.40. The summed E-state index contributed by atoms with van der Waals surface area (Å²) in [5, 5.41) is 18.7. The fraction of sp³-hybridized carbons (Fsp3) is 0.571. The molecule has 106 valence electrons. The number of benzene rings is 1. The molecule has 0 radical (unpaired) electrons. The van der Waals surface area contributed by atoms with Crippen LogP contribution in [0.25, 0.3) is 0 Å². The van der Waals surface area contributed by atoms with Gasteiger partial charge in [0.15, 0.2) is 0 Å².